The van der Waals surface area contributed by atoms with Crippen molar-refractivity contribution in [2.45, 2.75) is 30.0 Å². The first-order chi connectivity index (χ1) is 11.6. The molecule has 4 rings (SSSR count). The molecule has 1 saturated heterocycles. The summed E-state index contributed by atoms with van der Waals surface area (Å²) < 4.78 is 32.2. The highest BCUT2D eigenvalue weighted by molar-refractivity contribution is 7.91. The molecule has 0 radical (unpaired) electrons. The Bertz CT molecular complexity index is 720. The summed E-state index contributed by atoms with van der Waals surface area (Å²) in [6.07, 6.45) is 3.59. The topological polar surface area (TPSA) is 75.7 Å². The summed E-state index contributed by atoms with van der Waals surface area (Å²) >= 11 is 1.24. The number of hydrogen-bond acceptors (Lipinski definition) is 5. The molecule has 2 aliphatic carbocycles. The third kappa shape index (κ3) is 3.37. The zero-order valence-electron chi connectivity index (χ0n) is 13.4. The van der Waals surface area contributed by atoms with Crippen molar-refractivity contribution < 1.29 is 17.9 Å². The van der Waals surface area contributed by atoms with Gasteiger partial charge in [0, 0.05) is 23.9 Å². The second-order valence-electron chi connectivity index (χ2n) is 6.80. The van der Waals surface area contributed by atoms with Crippen LogP contribution in [0.1, 0.15) is 24.1 Å². The number of nitrogens with one attached hydrogen (secondary N) is 1. The average Bonchev–Trinajstić information content (AvgIpc) is 3.49. The Balaban J connectivity index is 1.33. The van der Waals surface area contributed by atoms with Gasteiger partial charge in [0.05, 0.1) is 19.8 Å². The summed E-state index contributed by atoms with van der Waals surface area (Å²) in [6, 6.07) is 3.44. The van der Waals surface area contributed by atoms with Gasteiger partial charge in [-0.05, 0) is 43.2 Å². The Labute approximate surface area is 146 Å². The van der Waals surface area contributed by atoms with Crippen LogP contribution in [0, 0.1) is 17.8 Å². The van der Waals surface area contributed by atoms with Crippen LogP contribution in [-0.4, -0.2) is 44.9 Å². The second-order valence-corrected chi connectivity index (χ2v) is 10.1. The SMILES string of the molecule is O=C(NCc1ccc(S(=O)(=O)N2CCOCC2)s1)[C@@H]1C[C@@H]1C1CC1. The van der Waals surface area contributed by atoms with E-state index in [1.54, 1.807) is 12.1 Å². The molecular formula is C16H22N2O4S2. The molecule has 1 aromatic rings. The van der Waals surface area contributed by atoms with Gasteiger partial charge in [0.15, 0.2) is 0 Å². The number of hydrogen-bond donors (Lipinski definition) is 1. The molecule has 1 N–H and O–H groups in total. The maximum atomic E-state index is 12.6. The summed E-state index contributed by atoms with van der Waals surface area (Å²) in [5.74, 6) is 1.70. The van der Waals surface area contributed by atoms with Gasteiger partial charge in [0.1, 0.15) is 4.21 Å². The molecule has 3 aliphatic rings. The van der Waals surface area contributed by atoms with Crippen LogP contribution >= 0.6 is 11.3 Å². The summed E-state index contributed by atoms with van der Waals surface area (Å²) in [6.45, 7) is 2.09. The molecule has 0 unspecified atom stereocenters. The summed E-state index contributed by atoms with van der Waals surface area (Å²) in [5, 5.41) is 2.96. The van der Waals surface area contributed by atoms with Crippen LogP contribution in [0.25, 0.3) is 0 Å². The highest BCUT2D eigenvalue weighted by Crippen LogP contribution is 2.54. The van der Waals surface area contributed by atoms with Crippen molar-refractivity contribution in [1.82, 2.24) is 9.62 Å². The number of nitrogens with zero attached hydrogens (tertiary/aromatic N) is 1. The number of sulfonamides is 1. The van der Waals surface area contributed by atoms with Crippen LogP contribution in [0.15, 0.2) is 16.3 Å². The average molecular weight is 370 g/mol. The van der Waals surface area contributed by atoms with Crippen molar-refractivity contribution in [1.29, 1.82) is 0 Å². The van der Waals surface area contributed by atoms with Crippen LogP contribution in [-0.2, 0) is 26.1 Å². The second kappa shape index (κ2) is 6.40. The van der Waals surface area contributed by atoms with Crippen molar-refractivity contribution in [3.63, 3.8) is 0 Å². The van der Waals surface area contributed by atoms with Crippen LogP contribution in [0.2, 0.25) is 0 Å². The van der Waals surface area contributed by atoms with E-state index in [9.17, 15) is 13.2 Å². The Kier molecular flexibility index (Phi) is 4.40. The normalized spacial score (nSPS) is 27.8. The Morgan fingerprint density at radius 2 is 2.04 bits per heavy atom. The van der Waals surface area contributed by atoms with Crippen molar-refractivity contribution in [2.24, 2.45) is 17.8 Å². The molecule has 2 heterocycles. The van der Waals surface area contributed by atoms with E-state index in [4.69, 9.17) is 4.74 Å². The lowest BCUT2D eigenvalue weighted by molar-refractivity contribution is -0.122. The van der Waals surface area contributed by atoms with Gasteiger partial charge < -0.3 is 10.1 Å². The first-order valence-corrected chi connectivity index (χ1v) is 10.8. The molecule has 3 fully saturated rings. The predicted octanol–water partition coefficient (Wildman–Crippen LogP) is 1.43. The maximum absolute atomic E-state index is 12.6. The lowest BCUT2D eigenvalue weighted by Gasteiger charge is -2.25. The number of morpholine rings is 1. The molecule has 2 atom stereocenters. The fourth-order valence-electron chi connectivity index (χ4n) is 3.37. The lowest BCUT2D eigenvalue weighted by Crippen LogP contribution is -2.40. The smallest absolute Gasteiger partial charge is 0.252 e. The summed E-state index contributed by atoms with van der Waals surface area (Å²) in [5.41, 5.74) is 0. The molecule has 6 nitrogen and oxygen atoms in total. The van der Waals surface area contributed by atoms with Gasteiger partial charge in [-0.1, -0.05) is 0 Å². The third-order valence-corrected chi connectivity index (χ3v) is 8.49. The van der Waals surface area contributed by atoms with E-state index in [0.717, 1.165) is 17.2 Å². The van der Waals surface area contributed by atoms with E-state index in [2.05, 4.69) is 5.32 Å². The number of amides is 1. The van der Waals surface area contributed by atoms with Crippen LogP contribution in [0.4, 0.5) is 0 Å². The fraction of sp³-hybridized carbons (Fsp3) is 0.688. The molecule has 2 saturated carbocycles. The van der Waals surface area contributed by atoms with Gasteiger partial charge in [0.2, 0.25) is 5.91 Å². The minimum Gasteiger partial charge on any atom is -0.379 e. The van der Waals surface area contributed by atoms with Crippen LogP contribution in [0.3, 0.4) is 0 Å². The van der Waals surface area contributed by atoms with E-state index < -0.39 is 10.0 Å². The standard InChI is InChI=1S/C16H22N2O4S2/c19-16(14-9-13(14)11-1-2-11)17-10-12-3-4-15(23-12)24(20,21)18-5-7-22-8-6-18/h3-4,11,13-14H,1-2,5-10H2,(H,17,19)/t13-,14-/m1/s1. The number of ether oxygens (including phenoxy) is 1. The van der Waals surface area contributed by atoms with Crippen molar-refractivity contribution in [3.05, 3.63) is 17.0 Å². The molecule has 0 spiro atoms. The quantitative estimate of drug-likeness (QED) is 0.822. The molecule has 1 amide bonds. The van der Waals surface area contributed by atoms with Crippen LogP contribution in [0.5, 0.6) is 0 Å². The monoisotopic (exact) mass is 370 g/mol. The lowest BCUT2D eigenvalue weighted by atomic mass is 10.2. The van der Waals surface area contributed by atoms with E-state index in [1.807, 2.05) is 0 Å². The molecular weight excluding hydrogens is 348 g/mol. The Morgan fingerprint density at radius 3 is 2.75 bits per heavy atom. The first-order valence-electron chi connectivity index (χ1n) is 8.50. The molecule has 1 aromatic heterocycles. The van der Waals surface area contributed by atoms with Crippen LogP contribution < -0.4 is 5.32 Å². The van der Waals surface area contributed by atoms with E-state index in [1.165, 1.54) is 28.5 Å². The maximum Gasteiger partial charge on any atom is 0.252 e. The van der Waals surface area contributed by atoms with E-state index in [-0.39, 0.29) is 11.8 Å². The van der Waals surface area contributed by atoms with E-state index >= 15 is 0 Å². The summed E-state index contributed by atoms with van der Waals surface area (Å²) in [7, 11) is -3.44. The zero-order chi connectivity index (χ0) is 16.7. The molecule has 132 valence electrons. The number of carbonyl (C=O) groups is 1. The number of thiophene rings is 1. The van der Waals surface area contributed by atoms with Gasteiger partial charge in [-0.3, -0.25) is 4.79 Å². The number of carbonyl (C=O) groups excluding carboxylic acids is 1. The summed E-state index contributed by atoms with van der Waals surface area (Å²) in [4.78, 5) is 13.0. The molecule has 1 aliphatic heterocycles. The molecule has 0 bridgehead atoms. The minimum atomic E-state index is -3.44. The zero-order valence-corrected chi connectivity index (χ0v) is 15.1. The van der Waals surface area contributed by atoms with E-state index in [0.29, 0.717) is 43.0 Å². The number of rotatable bonds is 6. The molecule has 0 aromatic carbocycles. The largest absolute Gasteiger partial charge is 0.379 e. The van der Waals surface area contributed by atoms with Gasteiger partial charge in [-0.15, -0.1) is 11.3 Å². The van der Waals surface area contributed by atoms with Gasteiger partial charge in [-0.2, -0.15) is 4.31 Å². The van der Waals surface area contributed by atoms with Crippen molar-refractivity contribution in [2.75, 3.05) is 26.3 Å². The van der Waals surface area contributed by atoms with Crippen molar-refractivity contribution >= 4 is 27.3 Å². The minimum absolute atomic E-state index is 0.123. The Morgan fingerprint density at radius 1 is 1.29 bits per heavy atom. The highest BCUT2D eigenvalue weighted by atomic mass is 32.2. The van der Waals surface area contributed by atoms with Gasteiger partial charge >= 0.3 is 0 Å². The van der Waals surface area contributed by atoms with Gasteiger partial charge in [0.25, 0.3) is 10.0 Å². The fourth-order valence-corrected chi connectivity index (χ4v) is 6.23. The predicted molar refractivity (Wildman–Crippen MR) is 90.1 cm³/mol. The van der Waals surface area contributed by atoms with Crippen molar-refractivity contribution in [3.8, 4) is 0 Å². The highest BCUT2D eigenvalue weighted by Gasteiger charge is 2.50. The van der Waals surface area contributed by atoms with Gasteiger partial charge in [-0.25, -0.2) is 8.42 Å². The Hall–Kier alpha value is -0.960. The molecule has 8 heteroatoms. The third-order valence-electron chi connectivity index (χ3n) is 5.04. The molecule has 24 heavy (non-hydrogen) atoms. The first kappa shape index (κ1) is 16.5.